The van der Waals surface area contributed by atoms with Gasteiger partial charge in [0.1, 0.15) is 6.33 Å². The number of aryl methyl sites for hydroxylation is 1. The zero-order valence-electron chi connectivity index (χ0n) is 14.0. The summed E-state index contributed by atoms with van der Waals surface area (Å²) >= 11 is 7.38. The Bertz CT molecular complexity index is 1370. The minimum atomic E-state index is -0.188. The monoisotopic (exact) mass is 394 g/mol. The van der Waals surface area contributed by atoms with Crippen LogP contribution in [0.5, 0.6) is 0 Å². The number of fused-ring (bicyclic) bond motifs is 3. The zero-order chi connectivity index (χ0) is 18.5. The quantitative estimate of drug-likeness (QED) is 0.458. The van der Waals surface area contributed by atoms with Gasteiger partial charge in [0.05, 0.1) is 21.5 Å². The maximum Gasteiger partial charge on any atom is 0.268 e. The number of rotatable bonds is 2. The lowest BCUT2D eigenvalue weighted by atomic mass is 10.2. The molecule has 27 heavy (non-hydrogen) atoms. The molecule has 132 valence electrons. The lowest BCUT2D eigenvalue weighted by molar-refractivity contribution is 0.943. The highest BCUT2D eigenvalue weighted by molar-refractivity contribution is 7.17. The molecule has 4 heterocycles. The summed E-state index contributed by atoms with van der Waals surface area (Å²) < 4.78 is 3.10. The molecule has 0 aliphatic carbocycles. The van der Waals surface area contributed by atoms with E-state index >= 15 is 0 Å². The molecule has 0 atom stereocenters. The Hall–Kier alpha value is -3.10. The van der Waals surface area contributed by atoms with E-state index < -0.39 is 0 Å². The summed E-state index contributed by atoms with van der Waals surface area (Å²) in [6.45, 7) is 1.80. The zero-order valence-corrected chi connectivity index (χ0v) is 15.6. The van der Waals surface area contributed by atoms with Crippen LogP contribution in [-0.4, -0.2) is 29.1 Å². The van der Waals surface area contributed by atoms with Crippen molar-refractivity contribution in [2.24, 2.45) is 0 Å². The first-order valence-corrected chi connectivity index (χ1v) is 9.25. The molecule has 5 rings (SSSR count). The second-order valence-electron chi connectivity index (χ2n) is 5.93. The summed E-state index contributed by atoms with van der Waals surface area (Å²) in [5, 5.41) is 5.92. The van der Waals surface area contributed by atoms with E-state index in [2.05, 4.69) is 20.1 Å². The van der Waals surface area contributed by atoms with Crippen LogP contribution in [-0.2, 0) is 0 Å². The highest BCUT2D eigenvalue weighted by Crippen LogP contribution is 2.29. The van der Waals surface area contributed by atoms with E-state index in [4.69, 9.17) is 11.6 Å². The van der Waals surface area contributed by atoms with Gasteiger partial charge < -0.3 is 0 Å². The molecule has 0 radical (unpaired) electrons. The first kappa shape index (κ1) is 16.1. The van der Waals surface area contributed by atoms with Crippen molar-refractivity contribution in [2.45, 2.75) is 6.92 Å². The van der Waals surface area contributed by atoms with Gasteiger partial charge in [-0.3, -0.25) is 9.36 Å². The maximum atomic E-state index is 13.1. The van der Waals surface area contributed by atoms with Crippen LogP contribution >= 0.6 is 22.9 Å². The molecule has 0 spiro atoms. The van der Waals surface area contributed by atoms with E-state index in [-0.39, 0.29) is 5.56 Å². The molecule has 1 aromatic carbocycles. The molecule has 0 aliphatic heterocycles. The number of aromatic nitrogens is 6. The van der Waals surface area contributed by atoms with Crippen molar-refractivity contribution in [1.29, 1.82) is 0 Å². The third-order valence-electron chi connectivity index (χ3n) is 4.29. The third-order valence-corrected chi connectivity index (χ3v) is 5.58. The second kappa shape index (κ2) is 5.97. The highest BCUT2D eigenvalue weighted by atomic mass is 35.5. The Morgan fingerprint density at radius 1 is 1.11 bits per heavy atom. The Kier molecular flexibility index (Phi) is 3.56. The molecular weight excluding hydrogens is 384 g/mol. The molecular formula is C18H11ClN6OS. The van der Waals surface area contributed by atoms with E-state index in [1.165, 1.54) is 22.2 Å². The van der Waals surface area contributed by atoms with Crippen molar-refractivity contribution < 1.29 is 0 Å². The van der Waals surface area contributed by atoms with Crippen molar-refractivity contribution in [3.05, 3.63) is 70.1 Å². The lowest BCUT2D eigenvalue weighted by Crippen LogP contribution is -2.19. The van der Waals surface area contributed by atoms with Gasteiger partial charge in [-0.2, -0.15) is 14.6 Å². The van der Waals surface area contributed by atoms with Crippen LogP contribution in [0.4, 0.5) is 0 Å². The number of halogens is 1. The molecule has 0 fully saturated rings. The molecule has 0 aliphatic rings. The summed E-state index contributed by atoms with van der Waals surface area (Å²) in [4.78, 5) is 27.0. The lowest BCUT2D eigenvalue weighted by Gasteiger charge is -2.06. The van der Waals surface area contributed by atoms with Crippen molar-refractivity contribution in [3.8, 4) is 15.6 Å². The van der Waals surface area contributed by atoms with E-state index in [1.807, 2.05) is 30.3 Å². The summed E-state index contributed by atoms with van der Waals surface area (Å²) in [5.41, 5.74) is 2.09. The summed E-state index contributed by atoms with van der Waals surface area (Å²) in [6, 6.07) is 9.35. The maximum absolute atomic E-state index is 13.1. The standard InChI is InChI=1S/C18H11ClN6OS/c1-10-15-13(25-17(23-10)21-9-22-25)6-7-24(16(15)26)18-20-8-14(27-18)11-2-4-12(19)5-3-11/h2-9H,1H3. The number of thiazole rings is 1. The molecule has 0 N–H and O–H groups in total. The predicted molar refractivity (Wildman–Crippen MR) is 105 cm³/mol. The van der Waals surface area contributed by atoms with Gasteiger partial charge in [0.2, 0.25) is 0 Å². The topological polar surface area (TPSA) is 78.0 Å². The Morgan fingerprint density at radius 2 is 1.93 bits per heavy atom. The van der Waals surface area contributed by atoms with Crippen LogP contribution in [0.3, 0.4) is 0 Å². The molecule has 0 unspecified atom stereocenters. The fourth-order valence-corrected chi connectivity index (χ4v) is 4.03. The van der Waals surface area contributed by atoms with E-state index in [1.54, 1.807) is 23.8 Å². The highest BCUT2D eigenvalue weighted by Gasteiger charge is 2.15. The number of pyridine rings is 1. The second-order valence-corrected chi connectivity index (χ2v) is 7.38. The Morgan fingerprint density at radius 3 is 2.74 bits per heavy atom. The predicted octanol–water partition coefficient (Wildman–Crippen LogP) is 3.51. The molecule has 0 amide bonds. The van der Waals surface area contributed by atoms with E-state index in [0.29, 0.717) is 32.5 Å². The van der Waals surface area contributed by atoms with Crippen LogP contribution in [0, 0.1) is 6.92 Å². The smallest absolute Gasteiger partial charge is 0.268 e. The molecule has 9 heteroatoms. The minimum absolute atomic E-state index is 0.188. The van der Waals surface area contributed by atoms with Gasteiger partial charge in [-0.1, -0.05) is 35.1 Å². The molecule has 0 saturated heterocycles. The van der Waals surface area contributed by atoms with Gasteiger partial charge in [-0.05, 0) is 30.7 Å². The average Bonchev–Trinajstić information content (AvgIpc) is 3.32. The molecule has 7 nitrogen and oxygen atoms in total. The fourth-order valence-electron chi connectivity index (χ4n) is 3.00. The van der Waals surface area contributed by atoms with Crippen LogP contribution in [0.2, 0.25) is 5.02 Å². The SMILES string of the molecule is Cc1nc2ncnn2c2ccn(-c3ncc(-c4ccc(Cl)cc4)s3)c(=O)c12. The normalized spacial score (nSPS) is 11.5. The van der Waals surface area contributed by atoms with Crippen molar-refractivity contribution in [1.82, 2.24) is 29.1 Å². The molecule has 4 aromatic heterocycles. The van der Waals surface area contributed by atoms with Crippen molar-refractivity contribution >= 4 is 39.6 Å². The van der Waals surface area contributed by atoms with Gasteiger partial charge in [0, 0.05) is 17.4 Å². The summed E-state index contributed by atoms with van der Waals surface area (Å²) in [6.07, 6.45) is 4.88. The van der Waals surface area contributed by atoms with Crippen LogP contribution in [0.1, 0.15) is 5.69 Å². The fraction of sp³-hybridized carbons (Fsp3) is 0.0556. The van der Waals surface area contributed by atoms with Crippen molar-refractivity contribution in [2.75, 3.05) is 0 Å². The van der Waals surface area contributed by atoms with E-state index in [9.17, 15) is 4.79 Å². The largest absolute Gasteiger partial charge is 0.268 e. The number of benzene rings is 1. The number of hydrogen-bond acceptors (Lipinski definition) is 6. The third kappa shape index (κ3) is 2.53. The average molecular weight is 395 g/mol. The first-order chi connectivity index (χ1) is 13.1. The van der Waals surface area contributed by atoms with Crippen LogP contribution < -0.4 is 5.56 Å². The minimum Gasteiger partial charge on any atom is -0.268 e. The van der Waals surface area contributed by atoms with E-state index in [0.717, 1.165) is 10.4 Å². The van der Waals surface area contributed by atoms with Gasteiger partial charge in [-0.15, -0.1) is 0 Å². The van der Waals surface area contributed by atoms with Crippen LogP contribution in [0.25, 0.3) is 32.3 Å². The van der Waals surface area contributed by atoms with Gasteiger partial charge >= 0.3 is 0 Å². The first-order valence-electron chi connectivity index (χ1n) is 8.06. The Labute approximate surface area is 161 Å². The molecule has 5 aromatic rings. The Balaban J connectivity index is 1.69. The number of hydrogen-bond donors (Lipinski definition) is 0. The summed E-state index contributed by atoms with van der Waals surface area (Å²) in [5.74, 6) is 0.469. The van der Waals surface area contributed by atoms with Gasteiger partial charge in [-0.25, -0.2) is 9.97 Å². The van der Waals surface area contributed by atoms with Crippen molar-refractivity contribution in [3.63, 3.8) is 0 Å². The molecule has 0 saturated carbocycles. The summed E-state index contributed by atoms with van der Waals surface area (Å²) in [7, 11) is 0. The molecule has 0 bridgehead atoms. The van der Waals surface area contributed by atoms with Gasteiger partial charge in [0.25, 0.3) is 11.3 Å². The number of nitrogens with zero attached hydrogens (tertiary/aromatic N) is 6. The van der Waals surface area contributed by atoms with Crippen LogP contribution in [0.15, 0.2) is 53.8 Å². The van der Waals surface area contributed by atoms with Gasteiger partial charge in [0.15, 0.2) is 5.13 Å².